The molecule has 0 aromatic heterocycles. The molecule has 17 heavy (non-hydrogen) atoms. The van der Waals surface area contributed by atoms with Crippen LogP contribution in [0.1, 0.15) is 12.0 Å². The smallest absolute Gasteiger partial charge is 0.237 e. The van der Waals surface area contributed by atoms with Gasteiger partial charge in [-0.3, -0.25) is 4.79 Å². The lowest BCUT2D eigenvalue weighted by Crippen LogP contribution is -2.40. The summed E-state index contributed by atoms with van der Waals surface area (Å²) in [5.41, 5.74) is 6.67. The highest BCUT2D eigenvalue weighted by molar-refractivity contribution is 6.30. The quantitative estimate of drug-likeness (QED) is 0.807. The van der Waals surface area contributed by atoms with E-state index in [1.54, 1.807) is 19.2 Å². The minimum Gasteiger partial charge on any atom is -0.385 e. The van der Waals surface area contributed by atoms with Crippen molar-refractivity contribution in [2.75, 3.05) is 13.7 Å². The molecule has 0 spiro atoms. The van der Waals surface area contributed by atoms with Gasteiger partial charge in [0, 0.05) is 25.3 Å². The number of nitrogens with two attached hydrogens (primary N) is 1. The lowest BCUT2D eigenvalue weighted by molar-refractivity contribution is -0.122. The Labute approximate surface area is 106 Å². The van der Waals surface area contributed by atoms with Crippen molar-refractivity contribution in [2.24, 2.45) is 5.73 Å². The molecule has 0 fully saturated rings. The zero-order valence-electron chi connectivity index (χ0n) is 9.78. The number of ether oxygens (including phenoxy) is 1. The molecule has 0 saturated carbocycles. The lowest BCUT2D eigenvalue weighted by Gasteiger charge is -2.11. The van der Waals surface area contributed by atoms with Gasteiger partial charge in [0.05, 0.1) is 6.04 Å². The van der Waals surface area contributed by atoms with Gasteiger partial charge in [0.25, 0.3) is 0 Å². The molecule has 1 amide bonds. The van der Waals surface area contributed by atoms with Crippen molar-refractivity contribution in [1.29, 1.82) is 0 Å². The summed E-state index contributed by atoms with van der Waals surface area (Å²) in [7, 11) is 1.58. The first-order valence-corrected chi connectivity index (χ1v) is 5.78. The Kier molecular flexibility index (Phi) is 5.97. The van der Waals surface area contributed by atoms with E-state index in [1.165, 1.54) is 0 Å². The number of benzene rings is 1. The Hall–Kier alpha value is -1.10. The van der Waals surface area contributed by atoms with Gasteiger partial charge in [-0.25, -0.2) is 0 Å². The Morgan fingerprint density at radius 2 is 2.12 bits per heavy atom. The van der Waals surface area contributed by atoms with Gasteiger partial charge in [0.2, 0.25) is 5.91 Å². The van der Waals surface area contributed by atoms with Crippen LogP contribution in [0.2, 0.25) is 5.02 Å². The van der Waals surface area contributed by atoms with Gasteiger partial charge in [-0.15, -0.1) is 0 Å². The summed E-state index contributed by atoms with van der Waals surface area (Å²) in [6.45, 7) is 0.937. The van der Waals surface area contributed by atoms with E-state index in [1.807, 2.05) is 12.1 Å². The van der Waals surface area contributed by atoms with E-state index in [-0.39, 0.29) is 5.91 Å². The fourth-order valence-corrected chi connectivity index (χ4v) is 1.42. The number of carbonyl (C=O) groups excluding carboxylic acids is 1. The molecule has 1 aromatic carbocycles. The van der Waals surface area contributed by atoms with Crippen LogP contribution in [0.4, 0.5) is 0 Å². The minimum absolute atomic E-state index is 0.169. The Morgan fingerprint density at radius 3 is 2.71 bits per heavy atom. The molecular weight excluding hydrogens is 240 g/mol. The molecule has 0 heterocycles. The van der Waals surface area contributed by atoms with Crippen LogP contribution in [0.5, 0.6) is 0 Å². The molecule has 0 radical (unpaired) electrons. The van der Waals surface area contributed by atoms with Gasteiger partial charge < -0.3 is 15.8 Å². The van der Waals surface area contributed by atoms with Crippen molar-refractivity contribution in [3.8, 4) is 0 Å². The zero-order chi connectivity index (χ0) is 12.7. The SMILES string of the molecule is COCCC(N)C(=O)NCc1ccc(Cl)cc1. The maximum atomic E-state index is 11.6. The monoisotopic (exact) mass is 256 g/mol. The van der Waals surface area contributed by atoms with Gasteiger partial charge >= 0.3 is 0 Å². The van der Waals surface area contributed by atoms with Crippen LogP contribution >= 0.6 is 11.6 Å². The van der Waals surface area contributed by atoms with Crippen LogP contribution in [0, 0.1) is 0 Å². The van der Waals surface area contributed by atoms with Crippen LogP contribution in [0.3, 0.4) is 0 Å². The fraction of sp³-hybridized carbons (Fsp3) is 0.417. The highest BCUT2D eigenvalue weighted by Crippen LogP contribution is 2.09. The molecule has 1 aromatic rings. The number of methoxy groups -OCH3 is 1. The summed E-state index contributed by atoms with van der Waals surface area (Å²) in [5, 5.41) is 3.44. The number of nitrogens with one attached hydrogen (secondary N) is 1. The van der Waals surface area contributed by atoms with Crippen molar-refractivity contribution >= 4 is 17.5 Å². The maximum Gasteiger partial charge on any atom is 0.237 e. The lowest BCUT2D eigenvalue weighted by atomic mass is 10.2. The molecule has 0 bridgehead atoms. The maximum absolute atomic E-state index is 11.6. The van der Waals surface area contributed by atoms with E-state index in [9.17, 15) is 4.79 Å². The molecular formula is C12H17ClN2O2. The summed E-state index contributed by atoms with van der Waals surface area (Å²) in [6, 6.07) is 6.77. The zero-order valence-corrected chi connectivity index (χ0v) is 10.5. The van der Waals surface area contributed by atoms with Crippen LogP contribution in [0.15, 0.2) is 24.3 Å². The molecule has 1 atom stereocenters. The topological polar surface area (TPSA) is 64.3 Å². The standard InChI is InChI=1S/C12H17ClN2O2/c1-17-7-6-11(14)12(16)15-8-9-2-4-10(13)5-3-9/h2-5,11H,6-8,14H2,1H3,(H,15,16). The molecule has 94 valence electrons. The fourth-order valence-electron chi connectivity index (χ4n) is 1.30. The molecule has 1 unspecified atom stereocenters. The van der Waals surface area contributed by atoms with Crippen LogP contribution < -0.4 is 11.1 Å². The minimum atomic E-state index is -0.526. The normalized spacial score (nSPS) is 12.2. The number of amides is 1. The van der Waals surface area contributed by atoms with Crippen LogP contribution in [-0.4, -0.2) is 25.7 Å². The van der Waals surface area contributed by atoms with E-state index in [4.69, 9.17) is 22.1 Å². The van der Waals surface area contributed by atoms with Gasteiger partial charge in [0.1, 0.15) is 0 Å². The highest BCUT2D eigenvalue weighted by atomic mass is 35.5. The number of hydrogen-bond acceptors (Lipinski definition) is 3. The van der Waals surface area contributed by atoms with E-state index in [0.29, 0.717) is 24.6 Å². The predicted octanol–water partition coefficient (Wildman–Crippen LogP) is 1.32. The van der Waals surface area contributed by atoms with Crippen molar-refractivity contribution in [3.63, 3.8) is 0 Å². The number of carbonyl (C=O) groups is 1. The number of hydrogen-bond donors (Lipinski definition) is 2. The van der Waals surface area contributed by atoms with E-state index < -0.39 is 6.04 Å². The second-order valence-electron chi connectivity index (χ2n) is 3.73. The van der Waals surface area contributed by atoms with E-state index in [2.05, 4.69) is 5.32 Å². The summed E-state index contributed by atoms with van der Waals surface area (Å²) in [4.78, 5) is 11.6. The van der Waals surface area contributed by atoms with E-state index in [0.717, 1.165) is 5.56 Å². The second kappa shape index (κ2) is 7.27. The van der Waals surface area contributed by atoms with E-state index >= 15 is 0 Å². The summed E-state index contributed by atoms with van der Waals surface area (Å²) in [6.07, 6.45) is 0.517. The summed E-state index contributed by atoms with van der Waals surface area (Å²) in [5.74, 6) is -0.169. The summed E-state index contributed by atoms with van der Waals surface area (Å²) >= 11 is 5.76. The van der Waals surface area contributed by atoms with Crippen molar-refractivity contribution < 1.29 is 9.53 Å². The largest absolute Gasteiger partial charge is 0.385 e. The molecule has 5 heteroatoms. The molecule has 0 aliphatic heterocycles. The molecule has 4 nitrogen and oxygen atoms in total. The summed E-state index contributed by atoms with van der Waals surface area (Å²) < 4.78 is 4.86. The van der Waals surface area contributed by atoms with Crippen molar-refractivity contribution in [2.45, 2.75) is 19.0 Å². The van der Waals surface area contributed by atoms with Crippen molar-refractivity contribution in [3.05, 3.63) is 34.9 Å². The first-order chi connectivity index (χ1) is 8.13. The first-order valence-electron chi connectivity index (χ1n) is 5.40. The van der Waals surface area contributed by atoms with Gasteiger partial charge in [-0.2, -0.15) is 0 Å². The number of rotatable bonds is 6. The average molecular weight is 257 g/mol. The second-order valence-corrected chi connectivity index (χ2v) is 4.17. The Bertz CT molecular complexity index is 354. The average Bonchev–Trinajstić information content (AvgIpc) is 2.34. The Balaban J connectivity index is 2.34. The van der Waals surface area contributed by atoms with Gasteiger partial charge in [0.15, 0.2) is 0 Å². The Morgan fingerprint density at radius 1 is 1.47 bits per heavy atom. The third-order valence-corrected chi connectivity index (χ3v) is 2.60. The highest BCUT2D eigenvalue weighted by Gasteiger charge is 2.12. The molecule has 1 rings (SSSR count). The predicted molar refractivity (Wildman–Crippen MR) is 67.8 cm³/mol. The van der Waals surface area contributed by atoms with Crippen LogP contribution in [0.25, 0.3) is 0 Å². The number of halogens is 1. The molecule has 0 saturated heterocycles. The van der Waals surface area contributed by atoms with Gasteiger partial charge in [-0.1, -0.05) is 23.7 Å². The van der Waals surface area contributed by atoms with Crippen LogP contribution in [-0.2, 0) is 16.1 Å². The van der Waals surface area contributed by atoms with Crippen molar-refractivity contribution in [1.82, 2.24) is 5.32 Å². The molecule has 0 aliphatic carbocycles. The molecule has 3 N–H and O–H groups in total. The third kappa shape index (κ3) is 5.17. The van der Waals surface area contributed by atoms with Gasteiger partial charge in [-0.05, 0) is 24.1 Å². The molecule has 0 aliphatic rings. The first kappa shape index (κ1) is 14.0. The third-order valence-electron chi connectivity index (χ3n) is 2.35.